The number of hydrogen-bond donors (Lipinski definition) is 5. The predicted octanol–water partition coefficient (Wildman–Crippen LogP) is 17.8. The summed E-state index contributed by atoms with van der Waals surface area (Å²) in [6, 6.07) is -1.01. The summed E-state index contributed by atoms with van der Waals surface area (Å²) in [5.74, 6) is -0.595. The fraction of sp³-hybridized carbons (Fsp3) is 0.855. The van der Waals surface area contributed by atoms with E-state index in [9.17, 15) is 25.2 Å². The SMILES string of the molecule is CCCCCCCCCCC/C=C\C/C=C\CCCCCCCCCCCCCCCCCCC(O)C(=O)NC(CO)C(O)C(O)CCC/C=C/CC/C=C/CCCCCCCCCCCCC. The Morgan fingerprint density at radius 2 is 0.662 bits per heavy atom. The zero-order valence-corrected chi connectivity index (χ0v) is 45.4. The second-order valence-electron chi connectivity index (χ2n) is 20.7. The summed E-state index contributed by atoms with van der Waals surface area (Å²) in [5, 5.41) is 44.0. The molecule has 68 heavy (non-hydrogen) atoms. The minimum absolute atomic E-state index is 0.360. The van der Waals surface area contributed by atoms with Crippen LogP contribution in [0.2, 0.25) is 0 Å². The van der Waals surface area contributed by atoms with Gasteiger partial charge < -0.3 is 25.7 Å². The van der Waals surface area contributed by atoms with Crippen molar-refractivity contribution in [1.29, 1.82) is 0 Å². The highest BCUT2D eigenvalue weighted by Gasteiger charge is 2.28. The lowest BCUT2D eigenvalue weighted by Gasteiger charge is -2.27. The van der Waals surface area contributed by atoms with E-state index in [1.165, 1.54) is 231 Å². The molecule has 0 aromatic carbocycles. The zero-order valence-electron chi connectivity index (χ0n) is 45.4. The molecule has 0 radical (unpaired) electrons. The number of unbranched alkanes of at least 4 members (excludes halogenated alkanes) is 38. The van der Waals surface area contributed by atoms with Gasteiger partial charge >= 0.3 is 0 Å². The molecule has 6 heteroatoms. The third-order valence-electron chi connectivity index (χ3n) is 14.0. The van der Waals surface area contributed by atoms with Crippen LogP contribution in [0.15, 0.2) is 48.6 Å². The summed E-state index contributed by atoms with van der Waals surface area (Å²) in [6.45, 7) is 4.06. The molecule has 0 aliphatic carbocycles. The van der Waals surface area contributed by atoms with Gasteiger partial charge in [-0.1, -0.05) is 274 Å². The first-order valence-corrected chi connectivity index (χ1v) is 30.0. The molecule has 1 amide bonds. The largest absolute Gasteiger partial charge is 0.394 e. The van der Waals surface area contributed by atoms with Gasteiger partial charge in [-0.2, -0.15) is 0 Å². The molecule has 0 aliphatic heterocycles. The Balaban J connectivity index is 3.63. The Morgan fingerprint density at radius 1 is 0.368 bits per heavy atom. The smallest absolute Gasteiger partial charge is 0.249 e. The molecule has 4 unspecified atom stereocenters. The topological polar surface area (TPSA) is 110 Å². The van der Waals surface area contributed by atoms with Gasteiger partial charge in [0.05, 0.1) is 18.8 Å². The number of carbonyl (C=O) groups excluding carboxylic acids is 1. The van der Waals surface area contributed by atoms with Crippen LogP contribution >= 0.6 is 0 Å². The number of rotatable bonds is 55. The maximum absolute atomic E-state index is 12.6. The van der Waals surface area contributed by atoms with Gasteiger partial charge in [0.25, 0.3) is 0 Å². The molecule has 4 atom stereocenters. The van der Waals surface area contributed by atoms with Crippen molar-refractivity contribution >= 4 is 5.91 Å². The van der Waals surface area contributed by atoms with E-state index in [1.807, 2.05) is 0 Å². The minimum atomic E-state index is -1.29. The first-order valence-electron chi connectivity index (χ1n) is 30.0. The predicted molar refractivity (Wildman–Crippen MR) is 297 cm³/mol. The highest BCUT2D eigenvalue weighted by molar-refractivity contribution is 5.80. The van der Waals surface area contributed by atoms with Gasteiger partial charge in [0, 0.05) is 0 Å². The van der Waals surface area contributed by atoms with E-state index in [-0.39, 0.29) is 0 Å². The Hall–Kier alpha value is -1.73. The maximum atomic E-state index is 12.6. The van der Waals surface area contributed by atoms with E-state index in [4.69, 9.17) is 0 Å². The number of nitrogens with one attached hydrogen (secondary N) is 1. The number of carbonyl (C=O) groups is 1. The van der Waals surface area contributed by atoms with Crippen LogP contribution in [0.25, 0.3) is 0 Å². The van der Waals surface area contributed by atoms with Crippen molar-refractivity contribution in [2.75, 3.05) is 6.61 Å². The summed E-state index contributed by atoms with van der Waals surface area (Å²) < 4.78 is 0. The van der Waals surface area contributed by atoms with Gasteiger partial charge in [0.15, 0.2) is 0 Å². The van der Waals surface area contributed by atoms with E-state index in [1.54, 1.807) is 0 Å². The lowest BCUT2D eigenvalue weighted by Crippen LogP contribution is -2.53. The fourth-order valence-corrected chi connectivity index (χ4v) is 9.28. The van der Waals surface area contributed by atoms with E-state index < -0.39 is 36.9 Å². The highest BCUT2D eigenvalue weighted by Crippen LogP contribution is 2.17. The standard InChI is InChI=1S/C62H117NO5/c1-3-5-7-9-11-13-15-17-19-21-23-25-26-27-28-29-30-31-32-33-34-35-36-38-40-42-44-46-48-50-52-54-56-60(66)62(68)63-58(57-64)61(67)59(65)55-53-51-49-47-45-43-41-39-37-24-22-20-18-16-14-12-10-8-6-4-2/h23,25,27-28,39,41,47,49,58-61,64-67H,3-22,24,26,29-38,40,42-46,48,50-57H2,1-2H3,(H,63,68)/b25-23-,28-27-,41-39+,49-47+. The van der Waals surface area contributed by atoms with Crippen LogP contribution in [-0.4, -0.2) is 57.3 Å². The Labute approximate surface area is 423 Å². The van der Waals surface area contributed by atoms with Crippen LogP contribution in [0, 0.1) is 0 Å². The average Bonchev–Trinajstić information content (AvgIpc) is 3.34. The maximum Gasteiger partial charge on any atom is 0.249 e. The highest BCUT2D eigenvalue weighted by atomic mass is 16.3. The van der Waals surface area contributed by atoms with Gasteiger partial charge in [0.2, 0.25) is 5.91 Å². The van der Waals surface area contributed by atoms with Crippen molar-refractivity contribution in [3.05, 3.63) is 48.6 Å². The zero-order chi connectivity index (χ0) is 49.5. The second-order valence-corrected chi connectivity index (χ2v) is 20.7. The summed E-state index contributed by atoms with van der Waals surface area (Å²) in [4.78, 5) is 12.6. The lowest BCUT2D eigenvalue weighted by atomic mass is 10.00. The number of hydrogen-bond acceptors (Lipinski definition) is 5. The summed E-state index contributed by atoms with van der Waals surface area (Å²) in [6.07, 6.45) is 71.9. The molecule has 0 heterocycles. The Morgan fingerprint density at radius 3 is 1.01 bits per heavy atom. The van der Waals surface area contributed by atoms with E-state index in [0.29, 0.717) is 19.3 Å². The van der Waals surface area contributed by atoms with Crippen molar-refractivity contribution in [3.63, 3.8) is 0 Å². The van der Waals surface area contributed by atoms with E-state index >= 15 is 0 Å². The third kappa shape index (κ3) is 49.3. The van der Waals surface area contributed by atoms with Crippen molar-refractivity contribution < 1.29 is 25.2 Å². The van der Waals surface area contributed by atoms with Crippen molar-refractivity contribution in [2.45, 2.75) is 334 Å². The normalized spacial score (nSPS) is 14.0. The average molecular weight is 957 g/mol. The number of amides is 1. The van der Waals surface area contributed by atoms with Gasteiger partial charge in [-0.3, -0.25) is 4.79 Å². The fourth-order valence-electron chi connectivity index (χ4n) is 9.28. The monoisotopic (exact) mass is 956 g/mol. The summed E-state index contributed by atoms with van der Waals surface area (Å²) in [7, 11) is 0. The quantitative estimate of drug-likeness (QED) is 0.0308. The molecule has 0 aromatic heterocycles. The van der Waals surface area contributed by atoms with Crippen LogP contribution in [-0.2, 0) is 4.79 Å². The molecule has 0 saturated heterocycles. The first-order chi connectivity index (χ1) is 33.5. The summed E-state index contributed by atoms with van der Waals surface area (Å²) in [5.41, 5.74) is 0. The molecule has 0 rings (SSSR count). The Kier molecular flexibility index (Phi) is 54.8. The van der Waals surface area contributed by atoms with Gasteiger partial charge in [-0.25, -0.2) is 0 Å². The molecule has 0 saturated carbocycles. The molecule has 6 nitrogen and oxygen atoms in total. The lowest BCUT2D eigenvalue weighted by molar-refractivity contribution is -0.132. The molecule has 5 N–H and O–H groups in total. The van der Waals surface area contributed by atoms with Crippen LogP contribution in [0.3, 0.4) is 0 Å². The molecule has 0 aromatic rings. The molecule has 400 valence electrons. The molecular weight excluding hydrogens is 839 g/mol. The molecule has 0 bridgehead atoms. The third-order valence-corrected chi connectivity index (χ3v) is 14.0. The first kappa shape index (κ1) is 66.3. The molecule has 0 aliphatic rings. The van der Waals surface area contributed by atoms with Crippen LogP contribution in [0.5, 0.6) is 0 Å². The van der Waals surface area contributed by atoms with Gasteiger partial charge in [-0.15, -0.1) is 0 Å². The van der Waals surface area contributed by atoms with Crippen LogP contribution < -0.4 is 5.32 Å². The van der Waals surface area contributed by atoms with E-state index in [0.717, 1.165) is 44.9 Å². The number of aliphatic hydroxyl groups is 4. The second kappa shape index (κ2) is 56.2. The number of allylic oxidation sites excluding steroid dienone is 8. The van der Waals surface area contributed by atoms with Crippen molar-refractivity contribution in [3.8, 4) is 0 Å². The van der Waals surface area contributed by atoms with E-state index in [2.05, 4.69) is 67.8 Å². The summed E-state index contributed by atoms with van der Waals surface area (Å²) >= 11 is 0. The van der Waals surface area contributed by atoms with Crippen LogP contribution in [0.1, 0.15) is 309 Å². The van der Waals surface area contributed by atoms with Gasteiger partial charge in [0.1, 0.15) is 12.2 Å². The molecular formula is C62H117NO5. The Bertz CT molecular complexity index is 1120. The molecule has 0 spiro atoms. The minimum Gasteiger partial charge on any atom is -0.394 e. The number of aliphatic hydroxyl groups excluding tert-OH is 4. The van der Waals surface area contributed by atoms with Crippen molar-refractivity contribution in [1.82, 2.24) is 5.32 Å². The van der Waals surface area contributed by atoms with Gasteiger partial charge in [-0.05, 0) is 83.5 Å². The van der Waals surface area contributed by atoms with Crippen molar-refractivity contribution in [2.24, 2.45) is 0 Å². The molecule has 0 fully saturated rings. The van der Waals surface area contributed by atoms with Crippen LogP contribution in [0.4, 0.5) is 0 Å².